The maximum Gasteiger partial charge on any atom is 0.353 e. The van der Waals surface area contributed by atoms with E-state index in [-0.39, 0.29) is 5.70 Å². The van der Waals surface area contributed by atoms with Crippen LogP contribution in [0.1, 0.15) is 0 Å². The average Bonchev–Trinajstić information content (AvgIpc) is 1.67. The summed E-state index contributed by atoms with van der Waals surface area (Å²) in [5.74, 6) is 3.51. The summed E-state index contributed by atoms with van der Waals surface area (Å²) in [7, 11) is 0. The van der Waals surface area contributed by atoms with Crippen LogP contribution in [0.5, 0.6) is 0 Å². The van der Waals surface area contributed by atoms with Crippen molar-refractivity contribution >= 4 is 5.97 Å². The zero-order chi connectivity index (χ0) is 6.57. The van der Waals surface area contributed by atoms with Gasteiger partial charge in [-0.3, -0.25) is 5.84 Å². The van der Waals surface area contributed by atoms with Crippen molar-refractivity contribution in [2.45, 2.75) is 0 Å². The summed E-state index contributed by atoms with van der Waals surface area (Å²) >= 11 is 0. The smallest absolute Gasteiger partial charge is 0.353 e. The third-order valence-corrected chi connectivity index (χ3v) is 0.486. The maximum absolute atomic E-state index is 9.80. The van der Waals surface area contributed by atoms with Crippen molar-refractivity contribution in [3.63, 3.8) is 0 Å². The molecular formula is C3H7N3O2. The largest absolute Gasteiger partial charge is 0.477 e. The molecular weight excluding hydrogens is 110 g/mol. The quantitative estimate of drug-likeness (QED) is 0.197. The summed E-state index contributed by atoms with van der Waals surface area (Å²) in [6.45, 7) is 0. The van der Waals surface area contributed by atoms with Crippen LogP contribution in [-0.4, -0.2) is 11.1 Å². The first-order valence-corrected chi connectivity index (χ1v) is 1.83. The number of hydrogen-bond acceptors (Lipinski definition) is 4. The highest BCUT2D eigenvalue weighted by Gasteiger charge is 1.96. The van der Waals surface area contributed by atoms with Gasteiger partial charge in [0.05, 0.1) is 0 Å². The van der Waals surface area contributed by atoms with E-state index in [1.54, 1.807) is 0 Å². The Balaban J connectivity index is 3.80. The molecule has 5 heteroatoms. The Hall–Kier alpha value is -1.23. The molecule has 0 rings (SSSR count). The second-order valence-corrected chi connectivity index (χ2v) is 1.07. The van der Waals surface area contributed by atoms with Gasteiger partial charge in [-0.25, -0.2) is 4.79 Å². The second-order valence-electron chi connectivity index (χ2n) is 1.07. The molecule has 0 aromatic carbocycles. The number of rotatable bonds is 2. The average molecular weight is 117 g/mol. The molecule has 0 bridgehead atoms. The van der Waals surface area contributed by atoms with Crippen LogP contribution in [0.15, 0.2) is 11.9 Å². The Labute approximate surface area is 45.9 Å². The first-order valence-electron chi connectivity index (χ1n) is 1.83. The minimum atomic E-state index is -1.19. The van der Waals surface area contributed by atoms with E-state index in [1.165, 1.54) is 0 Å². The number of nitrogens with one attached hydrogen (secondary N) is 1. The van der Waals surface area contributed by atoms with Crippen molar-refractivity contribution in [1.29, 1.82) is 0 Å². The van der Waals surface area contributed by atoms with E-state index in [0.717, 1.165) is 6.20 Å². The number of carboxylic acids is 1. The molecule has 0 aliphatic carbocycles. The number of nitrogens with two attached hydrogens (primary N) is 2. The van der Waals surface area contributed by atoms with Gasteiger partial charge >= 0.3 is 5.97 Å². The first kappa shape index (κ1) is 6.77. The summed E-state index contributed by atoms with van der Waals surface area (Å²) in [4.78, 5) is 9.80. The molecule has 0 saturated heterocycles. The van der Waals surface area contributed by atoms with E-state index in [2.05, 4.69) is 0 Å². The summed E-state index contributed by atoms with van der Waals surface area (Å²) in [5, 5.41) is 8.02. The normalized spacial score (nSPS) is 10.9. The van der Waals surface area contributed by atoms with Crippen LogP contribution in [0.25, 0.3) is 0 Å². The molecule has 0 atom stereocenters. The molecule has 0 unspecified atom stereocenters. The topological polar surface area (TPSA) is 101 Å². The predicted octanol–water partition coefficient (Wildman–Crippen LogP) is -1.67. The molecule has 0 amide bonds. The Kier molecular flexibility index (Phi) is 2.42. The molecule has 0 heterocycles. The third kappa shape index (κ3) is 2.04. The summed E-state index contributed by atoms with van der Waals surface area (Å²) < 4.78 is 0. The van der Waals surface area contributed by atoms with Gasteiger partial charge in [-0.1, -0.05) is 0 Å². The van der Waals surface area contributed by atoms with Crippen LogP contribution >= 0.6 is 0 Å². The molecule has 0 aromatic rings. The standard InChI is InChI=1S/C3H7N3O2/c4-2(1-6-5)3(7)8/h1,6H,4-5H2,(H,7,8)/b2-1-. The summed E-state index contributed by atoms with van der Waals surface area (Å²) in [5.41, 5.74) is 6.51. The summed E-state index contributed by atoms with van der Waals surface area (Å²) in [6, 6.07) is 0. The fraction of sp³-hybridized carbons (Fsp3) is 0. The lowest BCUT2D eigenvalue weighted by Crippen LogP contribution is -2.20. The van der Waals surface area contributed by atoms with E-state index in [9.17, 15) is 4.79 Å². The maximum atomic E-state index is 9.80. The van der Waals surface area contributed by atoms with Gasteiger partial charge in [0.15, 0.2) is 0 Å². The van der Waals surface area contributed by atoms with Crippen LogP contribution in [0, 0.1) is 0 Å². The van der Waals surface area contributed by atoms with Crippen LogP contribution in [0.2, 0.25) is 0 Å². The number of hydrazine groups is 1. The molecule has 8 heavy (non-hydrogen) atoms. The van der Waals surface area contributed by atoms with Gasteiger partial charge in [0.1, 0.15) is 5.70 Å². The van der Waals surface area contributed by atoms with Crippen LogP contribution < -0.4 is 17.0 Å². The van der Waals surface area contributed by atoms with Gasteiger partial charge in [0.25, 0.3) is 0 Å². The van der Waals surface area contributed by atoms with Gasteiger partial charge in [-0.2, -0.15) is 0 Å². The fourth-order valence-corrected chi connectivity index (χ4v) is 0.152. The molecule has 0 fully saturated rings. The predicted molar refractivity (Wildman–Crippen MR) is 27.2 cm³/mol. The van der Waals surface area contributed by atoms with E-state index in [4.69, 9.17) is 16.7 Å². The summed E-state index contributed by atoms with van der Waals surface area (Å²) in [6.07, 6.45) is 0.988. The minimum Gasteiger partial charge on any atom is -0.477 e. The van der Waals surface area contributed by atoms with Gasteiger partial charge in [-0.05, 0) is 0 Å². The second kappa shape index (κ2) is 2.86. The lowest BCUT2D eigenvalue weighted by atomic mass is 10.5. The minimum absolute atomic E-state index is 0.312. The Morgan fingerprint density at radius 1 is 1.75 bits per heavy atom. The van der Waals surface area contributed by atoms with Crippen molar-refractivity contribution in [3.05, 3.63) is 11.9 Å². The number of carboxylic acid groups (broad SMARTS) is 1. The van der Waals surface area contributed by atoms with Crippen molar-refractivity contribution in [2.75, 3.05) is 0 Å². The number of hydrogen-bond donors (Lipinski definition) is 4. The fourth-order valence-electron chi connectivity index (χ4n) is 0.152. The van der Waals surface area contributed by atoms with Crippen molar-refractivity contribution < 1.29 is 9.90 Å². The van der Waals surface area contributed by atoms with Crippen molar-refractivity contribution in [1.82, 2.24) is 5.43 Å². The zero-order valence-electron chi connectivity index (χ0n) is 4.09. The molecule has 0 aliphatic rings. The molecule has 0 spiro atoms. The van der Waals surface area contributed by atoms with Gasteiger partial charge < -0.3 is 16.3 Å². The van der Waals surface area contributed by atoms with Crippen molar-refractivity contribution in [2.24, 2.45) is 11.6 Å². The lowest BCUT2D eigenvalue weighted by Gasteiger charge is -1.89. The molecule has 6 N–H and O–H groups in total. The Morgan fingerprint density at radius 3 is 2.38 bits per heavy atom. The highest BCUT2D eigenvalue weighted by atomic mass is 16.4. The third-order valence-electron chi connectivity index (χ3n) is 0.486. The van der Waals surface area contributed by atoms with Gasteiger partial charge in [0.2, 0.25) is 0 Å². The van der Waals surface area contributed by atoms with Gasteiger partial charge in [-0.15, -0.1) is 0 Å². The zero-order valence-corrected chi connectivity index (χ0v) is 4.09. The van der Waals surface area contributed by atoms with Crippen LogP contribution in [-0.2, 0) is 4.79 Å². The Bertz CT molecular complexity index is 120. The molecule has 46 valence electrons. The highest BCUT2D eigenvalue weighted by Crippen LogP contribution is 1.75. The molecule has 5 nitrogen and oxygen atoms in total. The molecule has 0 aliphatic heterocycles. The van der Waals surface area contributed by atoms with E-state index in [0.29, 0.717) is 0 Å². The molecule has 0 saturated carbocycles. The van der Waals surface area contributed by atoms with Crippen LogP contribution in [0.3, 0.4) is 0 Å². The first-order chi connectivity index (χ1) is 3.68. The van der Waals surface area contributed by atoms with Crippen molar-refractivity contribution in [3.8, 4) is 0 Å². The van der Waals surface area contributed by atoms with E-state index in [1.807, 2.05) is 5.43 Å². The lowest BCUT2D eigenvalue weighted by molar-refractivity contribution is -0.132. The highest BCUT2D eigenvalue weighted by molar-refractivity contribution is 5.85. The van der Waals surface area contributed by atoms with E-state index >= 15 is 0 Å². The molecule has 0 aromatic heterocycles. The van der Waals surface area contributed by atoms with Gasteiger partial charge in [0, 0.05) is 6.20 Å². The SMILES string of the molecule is NN/C=C(\N)C(=O)O. The number of carbonyl (C=O) groups is 1. The van der Waals surface area contributed by atoms with E-state index < -0.39 is 5.97 Å². The van der Waals surface area contributed by atoms with Crippen LogP contribution in [0.4, 0.5) is 0 Å². The number of aliphatic carboxylic acids is 1. The molecule has 0 radical (unpaired) electrons. The Morgan fingerprint density at radius 2 is 2.25 bits per heavy atom. The monoisotopic (exact) mass is 117 g/mol.